The standard InChI is InChI=1S/C25H20Cl2F3NO3.C16H17NO3.C9H5Cl2F3/c1-23(2,3)33-22(32)20-9-5-6-17-18(20)7-4-8-19(17)21-13-24(34-31-21,25(28,29)30)14-10-15(26)12-16(27)11-14;1-16(2,3)20-15(18)14-9-5-7-12-11(10-17-19)6-4-8-13(12)14;1-5(9(12,13)14)6-2-7(10)4-8(11)3-6/h4-12H,13H2,1-3H3;4-10,19H,1-3H3;2-4H,1H2/b;17-10+;. The molecule has 8 nitrogen and oxygen atoms in total. The van der Waals surface area contributed by atoms with Crippen molar-refractivity contribution in [3.8, 4) is 0 Å². The molecule has 0 saturated heterocycles. The molecule has 1 heterocycles. The second-order valence-corrected chi connectivity index (χ2v) is 18.9. The molecule has 0 bridgehead atoms. The summed E-state index contributed by atoms with van der Waals surface area (Å²) in [5, 5.41) is 18.7. The Kier molecular flexibility index (Phi) is 16.3. The molecule has 0 aliphatic carbocycles. The number of fused-ring (bicyclic) bond motifs is 2. The van der Waals surface area contributed by atoms with Gasteiger partial charge in [-0.05, 0) is 117 Å². The maximum atomic E-state index is 14.3. The summed E-state index contributed by atoms with van der Waals surface area (Å²) in [7, 11) is 0. The third kappa shape index (κ3) is 13.0. The van der Waals surface area contributed by atoms with Crippen LogP contribution in [0.5, 0.6) is 0 Å². The first-order chi connectivity index (χ1) is 31.5. The van der Waals surface area contributed by atoms with Gasteiger partial charge in [0.05, 0.1) is 28.6 Å². The number of hydrogen-bond acceptors (Lipinski definition) is 8. The Morgan fingerprint density at radius 3 is 1.59 bits per heavy atom. The number of benzene rings is 6. The molecule has 0 spiro atoms. The third-order valence-electron chi connectivity index (χ3n) is 9.69. The van der Waals surface area contributed by atoms with Crippen LogP contribution in [0, 0.1) is 0 Å². The highest BCUT2D eigenvalue weighted by atomic mass is 35.5. The van der Waals surface area contributed by atoms with Gasteiger partial charge in [-0.2, -0.15) is 26.3 Å². The van der Waals surface area contributed by atoms with Crippen molar-refractivity contribution < 1.29 is 55.5 Å². The molecule has 6 aromatic rings. The molecular formula is C50H42Cl4F6N2O6. The molecule has 6 aromatic carbocycles. The number of alkyl halides is 6. The third-order valence-corrected chi connectivity index (χ3v) is 10.6. The highest BCUT2D eigenvalue weighted by Gasteiger charge is 2.62. The van der Waals surface area contributed by atoms with Crippen molar-refractivity contribution in [3.63, 3.8) is 0 Å². The van der Waals surface area contributed by atoms with Crippen LogP contribution in [-0.4, -0.2) is 52.6 Å². The summed E-state index contributed by atoms with van der Waals surface area (Å²) in [4.78, 5) is 30.1. The van der Waals surface area contributed by atoms with Crippen LogP contribution in [0.3, 0.4) is 0 Å². The summed E-state index contributed by atoms with van der Waals surface area (Å²) < 4.78 is 90.6. The van der Waals surface area contributed by atoms with Gasteiger partial charge in [0.15, 0.2) is 0 Å². The lowest BCUT2D eigenvalue weighted by atomic mass is 9.85. The molecule has 1 atom stereocenters. The van der Waals surface area contributed by atoms with Crippen LogP contribution in [0.1, 0.15) is 90.9 Å². The molecule has 0 radical (unpaired) electrons. The summed E-state index contributed by atoms with van der Waals surface area (Å²) in [6.45, 7) is 13.7. The average molecular weight is 1020 g/mol. The van der Waals surface area contributed by atoms with E-state index in [2.05, 4.69) is 16.9 Å². The Labute approximate surface area is 407 Å². The highest BCUT2D eigenvalue weighted by Crippen LogP contribution is 2.50. The van der Waals surface area contributed by atoms with Crippen LogP contribution in [0.25, 0.3) is 27.1 Å². The molecule has 358 valence electrons. The monoisotopic (exact) mass is 1020 g/mol. The molecule has 0 amide bonds. The largest absolute Gasteiger partial charge is 0.456 e. The molecule has 0 saturated carbocycles. The van der Waals surface area contributed by atoms with Crippen LogP contribution in [0.4, 0.5) is 26.3 Å². The van der Waals surface area contributed by atoms with Gasteiger partial charge in [0.1, 0.15) is 11.2 Å². The van der Waals surface area contributed by atoms with Gasteiger partial charge in [0.25, 0.3) is 5.60 Å². The number of oxime groups is 2. The van der Waals surface area contributed by atoms with Gasteiger partial charge in [-0.3, -0.25) is 0 Å². The number of esters is 2. The van der Waals surface area contributed by atoms with Gasteiger partial charge in [-0.1, -0.05) is 124 Å². The molecule has 7 rings (SSSR count). The Balaban J connectivity index is 0.000000214. The van der Waals surface area contributed by atoms with Gasteiger partial charge in [0.2, 0.25) is 0 Å². The molecule has 18 heteroatoms. The number of rotatable bonds is 6. The molecule has 1 aliphatic heterocycles. The van der Waals surface area contributed by atoms with Gasteiger partial charge in [-0.15, -0.1) is 0 Å². The lowest BCUT2D eigenvalue weighted by molar-refractivity contribution is -0.275. The average Bonchev–Trinajstić information content (AvgIpc) is 3.69. The fourth-order valence-electron chi connectivity index (χ4n) is 6.82. The van der Waals surface area contributed by atoms with Crippen molar-refractivity contribution >= 4 is 97.4 Å². The normalized spacial score (nSPS) is 15.1. The molecule has 1 unspecified atom stereocenters. The van der Waals surface area contributed by atoms with Crippen LogP contribution < -0.4 is 0 Å². The molecule has 1 aliphatic rings. The lowest BCUT2D eigenvalue weighted by Crippen LogP contribution is -2.42. The SMILES string of the molecule is C=C(c1cc(Cl)cc(Cl)c1)C(F)(F)F.CC(C)(C)OC(=O)c1cccc2c(/C=N/O)cccc12.CC(C)(C)OC(=O)c1cccc2c(C3=NOC(c4cc(Cl)cc(Cl)c4)(C(F)(F)F)C3)cccc12. The van der Waals surface area contributed by atoms with Crippen LogP contribution in [0.15, 0.2) is 126 Å². The fourth-order valence-corrected chi connectivity index (χ4v) is 7.87. The Bertz CT molecular complexity index is 2900. The van der Waals surface area contributed by atoms with E-state index < -0.39 is 47.1 Å². The van der Waals surface area contributed by atoms with Crippen LogP contribution >= 0.6 is 46.4 Å². The van der Waals surface area contributed by atoms with Crippen molar-refractivity contribution in [2.75, 3.05) is 0 Å². The fraction of sp³-hybridized carbons (Fsp3) is 0.240. The number of ether oxygens (including phenoxy) is 2. The molecule has 0 aromatic heterocycles. The predicted molar refractivity (Wildman–Crippen MR) is 256 cm³/mol. The topological polar surface area (TPSA) is 107 Å². The first-order valence-electron chi connectivity index (χ1n) is 20.2. The summed E-state index contributed by atoms with van der Waals surface area (Å²) in [5.41, 5.74) is -3.25. The zero-order chi connectivity index (χ0) is 50.6. The Morgan fingerprint density at radius 1 is 0.676 bits per heavy atom. The number of hydrogen-bond donors (Lipinski definition) is 1. The minimum atomic E-state index is -4.81. The molecular weight excluding hydrogens is 980 g/mol. The quantitative estimate of drug-likeness (QED) is 0.0586. The highest BCUT2D eigenvalue weighted by molar-refractivity contribution is 6.35. The van der Waals surface area contributed by atoms with Crippen molar-refractivity contribution in [1.82, 2.24) is 0 Å². The second kappa shape index (κ2) is 20.8. The van der Waals surface area contributed by atoms with E-state index in [0.29, 0.717) is 27.5 Å². The Morgan fingerprint density at radius 2 is 1.12 bits per heavy atom. The van der Waals surface area contributed by atoms with E-state index in [-0.39, 0.29) is 42.9 Å². The van der Waals surface area contributed by atoms with Crippen LogP contribution in [-0.2, 0) is 19.9 Å². The van der Waals surface area contributed by atoms with E-state index in [4.69, 9.17) is 65.9 Å². The zero-order valence-electron chi connectivity index (χ0n) is 37.0. The lowest BCUT2D eigenvalue weighted by Gasteiger charge is -2.29. The predicted octanol–water partition coefficient (Wildman–Crippen LogP) is 15.9. The van der Waals surface area contributed by atoms with Gasteiger partial charge in [-0.25, -0.2) is 9.59 Å². The number of halogens is 10. The number of carbonyl (C=O) groups excluding carboxylic acids is 2. The minimum Gasteiger partial charge on any atom is -0.456 e. The summed E-state index contributed by atoms with van der Waals surface area (Å²) in [6, 6.07) is 28.2. The van der Waals surface area contributed by atoms with Gasteiger partial charge < -0.3 is 19.5 Å². The van der Waals surface area contributed by atoms with Crippen molar-refractivity contribution in [2.45, 2.75) is 77.1 Å². The van der Waals surface area contributed by atoms with Crippen molar-refractivity contribution in [3.05, 3.63) is 169 Å². The van der Waals surface area contributed by atoms with E-state index >= 15 is 0 Å². The summed E-state index contributed by atoms with van der Waals surface area (Å²) in [5.74, 6) is -0.890. The minimum absolute atomic E-state index is 0.0512. The zero-order valence-corrected chi connectivity index (χ0v) is 40.1. The van der Waals surface area contributed by atoms with Crippen molar-refractivity contribution in [1.29, 1.82) is 0 Å². The van der Waals surface area contributed by atoms with E-state index in [1.165, 1.54) is 42.6 Å². The van der Waals surface area contributed by atoms with E-state index in [0.717, 1.165) is 16.3 Å². The first-order valence-corrected chi connectivity index (χ1v) is 21.7. The van der Waals surface area contributed by atoms with Crippen molar-refractivity contribution in [2.24, 2.45) is 10.3 Å². The second-order valence-electron chi connectivity index (χ2n) is 17.1. The van der Waals surface area contributed by atoms with Crippen LogP contribution in [0.2, 0.25) is 20.1 Å². The Hall–Kier alpha value is -5.80. The maximum Gasteiger partial charge on any atom is 0.435 e. The first kappa shape index (κ1) is 53.2. The van der Waals surface area contributed by atoms with Gasteiger partial charge in [0, 0.05) is 43.2 Å². The van der Waals surface area contributed by atoms with E-state index in [1.54, 1.807) is 69.3 Å². The number of carbonyl (C=O) groups is 2. The molecule has 0 fully saturated rings. The van der Waals surface area contributed by atoms with Gasteiger partial charge >= 0.3 is 24.3 Å². The smallest absolute Gasteiger partial charge is 0.435 e. The van der Waals surface area contributed by atoms with E-state index in [1.807, 2.05) is 45.0 Å². The number of allylic oxidation sites excluding steroid dienone is 1. The number of nitrogens with zero attached hydrogens (tertiary/aromatic N) is 2. The molecule has 68 heavy (non-hydrogen) atoms. The maximum absolute atomic E-state index is 14.3. The summed E-state index contributed by atoms with van der Waals surface area (Å²) in [6.07, 6.45) is -8.52. The molecule has 1 N–H and O–H groups in total. The summed E-state index contributed by atoms with van der Waals surface area (Å²) >= 11 is 23.1. The van der Waals surface area contributed by atoms with E-state index in [9.17, 15) is 35.9 Å².